The highest BCUT2D eigenvalue weighted by Gasteiger charge is 2.30. The lowest BCUT2D eigenvalue weighted by Crippen LogP contribution is -2.26. The lowest BCUT2D eigenvalue weighted by molar-refractivity contribution is -0.128. The fraction of sp³-hybridized carbons (Fsp3) is 0.556. The minimum atomic E-state index is -0.175. The fourth-order valence-corrected chi connectivity index (χ4v) is 1.63. The first-order valence-corrected chi connectivity index (χ1v) is 4.71. The lowest BCUT2D eigenvalue weighted by atomic mass is 10.1. The molecule has 0 aromatic carbocycles. The smallest absolute Gasteiger partial charge is 0.224 e. The number of hydrogen-bond donors (Lipinski definition) is 0. The minimum absolute atomic E-state index is 0.0181. The lowest BCUT2D eigenvalue weighted by Gasteiger charge is -2.14. The van der Waals surface area contributed by atoms with Gasteiger partial charge in [0.15, 0.2) is 5.82 Å². The maximum Gasteiger partial charge on any atom is 0.224 e. The second-order valence-electron chi connectivity index (χ2n) is 3.66. The molecule has 1 aromatic heterocycles. The van der Waals surface area contributed by atoms with E-state index < -0.39 is 0 Å². The van der Waals surface area contributed by atoms with Crippen LogP contribution in [0.4, 0.5) is 0 Å². The van der Waals surface area contributed by atoms with Crippen LogP contribution in [0.15, 0.2) is 6.33 Å². The molecule has 0 saturated carbocycles. The van der Waals surface area contributed by atoms with Gasteiger partial charge in [0.2, 0.25) is 5.91 Å². The first-order chi connectivity index (χ1) is 7.20. The van der Waals surface area contributed by atoms with Crippen LogP contribution in [0.3, 0.4) is 0 Å². The van der Waals surface area contributed by atoms with Crippen molar-refractivity contribution in [2.24, 2.45) is 13.0 Å². The van der Waals surface area contributed by atoms with Crippen molar-refractivity contribution in [3.8, 4) is 6.07 Å². The predicted molar refractivity (Wildman–Crippen MR) is 50.1 cm³/mol. The minimum Gasteiger partial charge on any atom is -0.334 e. The largest absolute Gasteiger partial charge is 0.334 e. The third kappa shape index (κ3) is 1.81. The van der Waals surface area contributed by atoms with E-state index in [9.17, 15) is 4.79 Å². The topological polar surface area (TPSA) is 74.8 Å². The molecular formula is C9H11N5O. The van der Waals surface area contributed by atoms with Crippen molar-refractivity contribution >= 4 is 5.91 Å². The average molecular weight is 205 g/mol. The summed E-state index contributed by atoms with van der Waals surface area (Å²) >= 11 is 0. The van der Waals surface area contributed by atoms with E-state index in [0.29, 0.717) is 19.5 Å². The Morgan fingerprint density at radius 2 is 2.53 bits per heavy atom. The second-order valence-corrected chi connectivity index (χ2v) is 3.66. The highest BCUT2D eigenvalue weighted by atomic mass is 16.2. The van der Waals surface area contributed by atoms with E-state index in [2.05, 4.69) is 16.3 Å². The fourth-order valence-electron chi connectivity index (χ4n) is 1.63. The Kier molecular flexibility index (Phi) is 2.37. The number of likely N-dealkylation sites (tertiary alicyclic amines) is 1. The van der Waals surface area contributed by atoms with Crippen LogP contribution in [0.2, 0.25) is 0 Å². The average Bonchev–Trinajstić information content (AvgIpc) is 2.76. The molecule has 0 radical (unpaired) electrons. The van der Waals surface area contributed by atoms with E-state index in [1.807, 2.05) is 7.05 Å². The molecule has 1 aliphatic rings. The molecule has 0 spiro atoms. The summed E-state index contributed by atoms with van der Waals surface area (Å²) in [6.45, 7) is 0.940. The monoisotopic (exact) mass is 205 g/mol. The third-order valence-corrected chi connectivity index (χ3v) is 2.53. The molecule has 1 amide bonds. The Hall–Kier alpha value is -1.90. The van der Waals surface area contributed by atoms with E-state index >= 15 is 0 Å². The Morgan fingerprint density at radius 1 is 1.73 bits per heavy atom. The van der Waals surface area contributed by atoms with Gasteiger partial charge in [0, 0.05) is 20.0 Å². The third-order valence-electron chi connectivity index (χ3n) is 2.53. The molecule has 6 heteroatoms. The van der Waals surface area contributed by atoms with Crippen LogP contribution in [0.5, 0.6) is 0 Å². The summed E-state index contributed by atoms with van der Waals surface area (Å²) in [6.07, 6.45) is 1.92. The van der Waals surface area contributed by atoms with E-state index in [4.69, 9.17) is 5.26 Å². The molecule has 1 fully saturated rings. The summed E-state index contributed by atoms with van der Waals surface area (Å²) in [5.41, 5.74) is 0. The van der Waals surface area contributed by atoms with Gasteiger partial charge in [0.1, 0.15) is 6.33 Å². The second kappa shape index (κ2) is 3.69. The van der Waals surface area contributed by atoms with Gasteiger partial charge in [0.05, 0.1) is 18.5 Å². The van der Waals surface area contributed by atoms with Crippen LogP contribution >= 0.6 is 0 Å². The van der Waals surface area contributed by atoms with Gasteiger partial charge in [-0.1, -0.05) is 0 Å². The molecular weight excluding hydrogens is 194 g/mol. The van der Waals surface area contributed by atoms with Crippen LogP contribution in [0.25, 0.3) is 0 Å². The van der Waals surface area contributed by atoms with Gasteiger partial charge in [-0.05, 0) is 0 Å². The van der Waals surface area contributed by atoms with Gasteiger partial charge in [0.25, 0.3) is 0 Å². The molecule has 1 aliphatic heterocycles. The summed E-state index contributed by atoms with van der Waals surface area (Å²) in [7, 11) is 1.83. The summed E-state index contributed by atoms with van der Waals surface area (Å²) in [5.74, 6) is 0.581. The number of nitrogens with zero attached hydrogens (tertiary/aromatic N) is 5. The van der Waals surface area contributed by atoms with Crippen LogP contribution in [0.1, 0.15) is 12.2 Å². The molecule has 1 unspecified atom stereocenters. The zero-order valence-corrected chi connectivity index (χ0v) is 8.42. The number of rotatable bonds is 2. The maximum atomic E-state index is 11.5. The van der Waals surface area contributed by atoms with Gasteiger partial charge in [-0.25, -0.2) is 0 Å². The van der Waals surface area contributed by atoms with Gasteiger partial charge < -0.3 is 9.47 Å². The number of carbonyl (C=O) groups excluding carboxylic acids is 1. The molecule has 1 aromatic rings. The van der Waals surface area contributed by atoms with Crippen molar-refractivity contribution in [2.75, 3.05) is 6.54 Å². The van der Waals surface area contributed by atoms with Gasteiger partial charge in [-0.3, -0.25) is 4.79 Å². The Balaban J connectivity index is 2.05. The molecule has 2 rings (SSSR count). The molecule has 0 bridgehead atoms. The first kappa shape index (κ1) is 9.65. The number of nitriles is 1. The van der Waals surface area contributed by atoms with Crippen molar-refractivity contribution in [2.45, 2.75) is 13.0 Å². The number of hydrogen-bond acceptors (Lipinski definition) is 4. The predicted octanol–water partition coefficient (Wildman–Crippen LogP) is -0.313. The van der Waals surface area contributed by atoms with Crippen molar-refractivity contribution < 1.29 is 4.79 Å². The number of aryl methyl sites for hydroxylation is 1. The van der Waals surface area contributed by atoms with Crippen LogP contribution in [-0.2, 0) is 18.4 Å². The van der Waals surface area contributed by atoms with E-state index in [0.717, 1.165) is 5.82 Å². The number of carbonyl (C=O) groups is 1. The molecule has 0 N–H and O–H groups in total. The molecule has 1 atom stereocenters. The highest BCUT2D eigenvalue weighted by molar-refractivity contribution is 5.79. The van der Waals surface area contributed by atoms with Crippen LogP contribution in [0, 0.1) is 17.2 Å². The quantitative estimate of drug-likeness (QED) is 0.663. The summed E-state index contributed by atoms with van der Waals surface area (Å²) in [6, 6.07) is 2.11. The SMILES string of the molecule is Cn1cnnc1CN1CC(C#N)CC1=O. The van der Waals surface area contributed by atoms with Gasteiger partial charge >= 0.3 is 0 Å². The molecule has 15 heavy (non-hydrogen) atoms. The Labute approximate surface area is 87.1 Å². The maximum absolute atomic E-state index is 11.5. The molecule has 1 saturated heterocycles. The molecule has 78 valence electrons. The first-order valence-electron chi connectivity index (χ1n) is 4.71. The zero-order valence-electron chi connectivity index (χ0n) is 8.42. The number of aromatic nitrogens is 3. The molecule has 6 nitrogen and oxygen atoms in total. The van der Waals surface area contributed by atoms with Crippen molar-refractivity contribution in [1.29, 1.82) is 5.26 Å². The normalized spacial score (nSPS) is 20.7. The highest BCUT2D eigenvalue weighted by Crippen LogP contribution is 2.18. The summed E-state index contributed by atoms with van der Waals surface area (Å²) < 4.78 is 1.77. The Bertz CT molecular complexity index is 418. The van der Waals surface area contributed by atoms with E-state index in [-0.39, 0.29) is 11.8 Å². The molecule has 0 aliphatic carbocycles. The van der Waals surface area contributed by atoms with Gasteiger partial charge in [-0.15, -0.1) is 10.2 Å². The van der Waals surface area contributed by atoms with Gasteiger partial charge in [-0.2, -0.15) is 5.26 Å². The Morgan fingerprint density at radius 3 is 3.07 bits per heavy atom. The zero-order chi connectivity index (χ0) is 10.8. The van der Waals surface area contributed by atoms with Crippen LogP contribution in [-0.4, -0.2) is 32.1 Å². The van der Waals surface area contributed by atoms with Crippen molar-refractivity contribution in [3.63, 3.8) is 0 Å². The number of amides is 1. The summed E-state index contributed by atoms with van der Waals surface area (Å²) in [4.78, 5) is 13.1. The van der Waals surface area contributed by atoms with Crippen molar-refractivity contribution in [3.05, 3.63) is 12.2 Å². The summed E-state index contributed by atoms with van der Waals surface area (Å²) in [5, 5.41) is 16.4. The van der Waals surface area contributed by atoms with Crippen molar-refractivity contribution in [1.82, 2.24) is 19.7 Å². The van der Waals surface area contributed by atoms with E-state index in [1.54, 1.807) is 15.8 Å². The molecule has 2 heterocycles. The van der Waals surface area contributed by atoms with Crippen LogP contribution < -0.4 is 0 Å². The standard InChI is InChI=1S/C9H11N5O/c1-13-6-11-12-8(13)5-14-4-7(3-10)2-9(14)15/h6-7H,2,4-5H2,1H3. The van der Waals surface area contributed by atoms with E-state index in [1.165, 1.54) is 0 Å².